The zero-order chi connectivity index (χ0) is 17.8. The maximum atomic E-state index is 9.32. The normalized spacial score (nSPS) is 12.8. The SMILES string of the molecule is CC.CN1Cc2ccccc2/C=C\c2ccccc21.NCCC=O. The molecule has 128 valence electrons. The average Bonchev–Trinajstić information content (AvgIpc) is 2.63. The third-order valence-electron chi connectivity index (χ3n) is 3.54. The van der Waals surface area contributed by atoms with Gasteiger partial charge in [-0.1, -0.05) is 68.5 Å². The molecule has 1 aliphatic rings. The van der Waals surface area contributed by atoms with Crippen LogP contribution in [0.3, 0.4) is 0 Å². The summed E-state index contributed by atoms with van der Waals surface area (Å²) >= 11 is 0. The molecular formula is C21H28N2O. The fourth-order valence-corrected chi connectivity index (χ4v) is 2.41. The molecule has 3 rings (SSSR count). The quantitative estimate of drug-likeness (QED) is 0.835. The number of carbonyl (C=O) groups is 1. The lowest BCUT2D eigenvalue weighted by Crippen LogP contribution is -2.18. The lowest BCUT2D eigenvalue weighted by molar-refractivity contribution is -0.107. The number of nitrogens with zero attached hydrogens (tertiary/aromatic N) is 1. The highest BCUT2D eigenvalue weighted by Crippen LogP contribution is 2.27. The topological polar surface area (TPSA) is 46.3 Å². The Labute approximate surface area is 145 Å². The molecule has 3 nitrogen and oxygen atoms in total. The van der Waals surface area contributed by atoms with Crippen LogP contribution >= 0.6 is 0 Å². The van der Waals surface area contributed by atoms with E-state index in [4.69, 9.17) is 5.73 Å². The summed E-state index contributed by atoms with van der Waals surface area (Å²) in [6.45, 7) is 5.43. The van der Waals surface area contributed by atoms with Crippen LogP contribution in [0.5, 0.6) is 0 Å². The van der Waals surface area contributed by atoms with Gasteiger partial charge in [-0.2, -0.15) is 0 Å². The summed E-state index contributed by atoms with van der Waals surface area (Å²) < 4.78 is 0. The number of anilines is 1. The first kappa shape index (κ1) is 19.7. The van der Waals surface area contributed by atoms with Gasteiger partial charge in [-0.05, 0) is 29.3 Å². The number of hydrogen-bond donors (Lipinski definition) is 1. The smallest absolute Gasteiger partial charge is 0.121 e. The van der Waals surface area contributed by atoms with Gasteiger partial charge in [-0.25, -0.2) is 0 Å². The lowest BCUT2D eigenvalue weighted by Gasteiger charge is -2.24. The molecule has 0 spiro atoms. The molecule has 0 radical (unpaired) electrons. The molecule has 0 fully saturated rings. The van der Waals surface area contributed by atoms with Crippen LogP contribution in [-0.4, -0.2) is 19.9 Å². The number of aldehydes is 1. The van der Waals surface area contributed by atoms with E-state index in [0.717, 1.165) is 12.8 Å². The van der Waals surface area contributed by atoms with Crippen molar-refractivity contribution >= 4 is 24.1 Å². The molecule has 0 atom stereocenters. The summed E-state index contributed by atoms with van der Waals surface area (Å²) in [5.41, 5.74) is 10.2. The summed E-state index contributed by atoms with van der Waals surface area (Å²) in [7, 11) is 2.15. The van der Waals surface area contributed by atoms with E-state index < -0.39 is 0 Å². The number of nitrogens with two attached hydrogens (primary N) is 1. The third kappa shape index (κ3) is 5.67. The van der Waals surface area contributed by atoms with E-state index in [-0.39, 0.29) is 0 Å². The Morgan fingerprint density at radius 1 is 1.00 bits per heavy atom. The van der Waals surface area contributed by atoms with Crippen molar-refractivity contribution in [2.75, 3.05) is 18.5 Å². The Kier molecular flexibility index (Phi) is 9.17. The van der Waals surface area contributed by atoms with Crippen LogP contribution in [0.25, 0.3) is 12.2 Å². The fraction of sp³-hybridized carbons (Fsp3) is 0.286. The molecule has 0 unspecified atom stereocenters. The highest BCUT2D eigenvalue weighted by Gasteiger charge is 2.10. The van der Waals surface area contributed by atoms with Crippen molar-refractivity contribution < 1.29 is 4.79 Å². The summed E-state index contributed by atoms with van der Waals surface area (Å²) in [6, 6.07) is 17.1. The van der Waals surface area contributed by atoms with Gasteiger partial charge >= 0.3 is 0 Å². The Bertz CT molecular complexity index is 650. The van der Waals surface area contributed by atoms with Crippen LogP contribution in [0.15, 0.2) is 48.5 Å². The minimum Gasteiger partial charge on any atom is -0.370 e. The van der Waals surface area contributed by atoms with Crippen molar-refractivity contribution in [3.63, 3.8) is 0 Å². The van der Waals surface area contributed by atoms with Gasteiger partial charge in [0, 0.05) is 25.7 Å². The van der Waals surface area contributed by atoms with Crippen LogP contribution < -0.4 is 10.6 Å². The standard InChI is InChI=1S/C16H15N.C3H7NO.C2H6/c1-17-12-15-8-3-2-6-13(15)10-11-14-7-4-5-9-16(14)17;4-2-1-3-5;1-2/h2-11H,12H2,1H3;3H,1-2,4H2;1-2H3/b11-10-;;. The van der Waals surface area contributed by atoms with Crippen molar-refractivity contribution in [3.05, 3.63) is 65.2 Å². The van der Waals surface area contributed by atoms with Crippen LogP contribution in [0.1, 0.15) is 37.0 Å². The number of benzene rings is 2. The summed E-state index contributed by atoms with van der Waals surface area (Å²) in [5, 5.41) is 0. The van der Waals surface area contributed by atoms with Gasteiger partial charge in [-0.15, -0.1) is 0 Å². The number of fused-ring (bicyclic) bond motifs is 2. The van der Waals surface area contributed by atoms with Gasteiger partial charge in [-0.3, -0.25) is 0 Å². The minimum absolute atomic E-state index is 0.476. The van der Waals surface area contributed by atoms with E-state index in [1.54, 1.807) is 0 Å². The second kappa shape index (κ2) is 11.2. The molecule has 0 saturated carbocycles. The predicted octanol–water partition coefficient (Wildman–Crippen LogP) is 4.37. The monoisotopic (exact) mass is 324 g/mol. The van der Waals surface area contributed by atoms with Crippen molar-refractivity contribution in [1.82, 2.24) is 0 Å². The fourth-order valence-electron chi connectivity index (χ4n) is 2.41. The maximum absolute atomic E-state index is 9.32. The van der Waals surface area contributed by atoms with E-state index in [9.17, 15) is 4.79 Å². The molecule has 0 aromatic heterocycles. The molecule has 3 heteroatoms. The van der Waals surface area contributed by atoms with Gasteiger partial charge in [0.1, 0.15) is 6.29 Å². The highest BCUT2D eigenvalue weighted by molar-refractivity contribution is 5.79. The Morgan fingerprint density at radius 3 is 2.21 bits per heavy atom. The van der Waals surface area contributed by atoms with Crippen LogP contribution in [0, 0.1) is 0 Å². The Hall–Kier alpha value is -2.39. The number of carbonyl (C=O) groups excluding carboxylic acids is 1. The van der Waals surface area contributed by atoms with Crippen LogP contribution in [-0.2, 0) is 11.3 Å². The third-order valence-corrected chi connectivity index (χ3v) is 3.54. The summed E-state index contributed by atoms with van der Waals surface area (Å²) in [6.07, 6.45) is 5.70. The molecule has 0 amide bonds. The zero-order valence-corrected chi connectivity index (χ0v) is 14.9. The second-order valence-electron chi connectivity index (χ2n) is 5.19. The van der Waals surface area contributed by atoms with Gasteiger partial charge < -0.3 is 15.4 Å². The summed E-state index contributed by atoms with van der Waals surface area (Å²) in [5.74, 6) is 0. The molecule has 0 saturated heterocycles. The molecule has 0 bridgehead atoms. The highest BCUT2D eigenvalue weighted by atomic mass is 16.1. The van der Waals surface area contributed by atoms with E-state index in [1.807, 2.05) is 13.8 Å². The van der Waals surface area contributed by atoms with E-state index >= 15 is 0 Å². The van der Waals surface area contributed by atoms with Crippen LogP contribution in [0.2, 0.25) is 0 Å². The van der Waals surface area contributed by atoms with Crippen LogP contribution in [0.4, 0.5) is 5.69 Å². The van der Waals surface area contributed by atoms with Crippen molar-refractivity contribution in [2.24, 2.45) is 5.73 Å². The lowest BCUT2D eigenvalue weighted by atomic mass is 10.0. The average molecular weight is 324 g/mol. The molecule has 0 aliphatic carbocycles. The second-order valence-corrected chi connectivity index (χ2v) is 5.19. The molecule has 1 aliphatic heterocycles. The Balaban J connectivity index is 0.000000356. The van der Waals surface area contributed by atoms with Crippen molar-refractivity contribution in [2.45, 2.75) is 26.8 Å². The first-order valence-electron chi connectivity index (χ1n) is 8.46. The predicted molar refractivity (Wildman–Crippen MR) is 105 cm³/mol. The summed E-state index contributed by atoms with van der Waals surface area (Å²) in [4.78, 5) is 11.6. The van der Waals surface area contributed by atoms with E-state index in [2.05, 4.69) is 72.6 Å². The van der Waals surface area contributed by atoms with Crippen molar-refractivity contribution in [1.29, 1.82) is 0 Å². The Morgan fingerprint density at radius 2 is 1.58 bits per heavy atom. The van der Waals surface area contributed by atoms with Gasteiger partial charge in [0.15, 0.2) is 0 Å². The van der Waals surface area contributed by atoms with Gasteiger partial charge in [0.2, 0.25) is 0 Å². The molecule has 2 N–H and O–H groups in total. The largest absolute Gasteiger partial charge is 0.370 e. The zero-order valence-electron chi connectivity index (χ0n) is 14.9. The van der Waals surface area contributed by atoms with Gasteiger partial charge in [0.05, 0.1) is 0 Å². The molecule has 1 heterocycles. The minimum atomic E-state index is 0.476. The molecular weight excluding hydrogens is 296 g/mol. The first-order valence-corrected chi connectivity index (χ1v) is 8.46. The van der Waals surface area contributed by atoms with Gasteiger partial charge in [0.25, 0.3) is 0 Å². The van der Waals surface area contributed by atoms with Crippen molar-refractivity contribution in [3.8, 4) is 0 Å². The maximum Gasteiger partial charge on any atom is 0.121 e. The first-order chi connectivity index (χ1) is 11.8. The number of para-hydroxylation sites is 1. The van der Waals surface area contributed by atoms with E-state index in [0.29, 0.717) is 13.0 Å². The number of hydrogen-bond acceptors (Lipinski definition) is 3. The molecule has 2 aromatic carbocycles. The molecule has 2 aromatic rings. The van der Waals surface area contributed by atoms with E-state index in [1.165, 1.54) is 22.4 Å². The molecule has 24 heavy (non-hydrogen) atoms. The number of rotatable bonds is 2.